The van der Waals surface area contributed by atoms with Gasteiger partial charge in [0.2, 0.25) is 0 Å². The quantitative estimate of drug-likeness (QED) is 0.903. The van der Waals surface area contributed by atoms with Crippen molar-refractivity contribution in [3.8, 4) is 0 Å². The highest BCUT2D eigenvalue weighted by Gasteiger charge is 2.29. The number of nitrogens with one attached hydrogen (secondary N) is 1. The second-order valence-corrected chi connectivity index (χ2v) is 7.06. The highest BCUT2D eigenvalue weighted by Crippen LogP contribution is 2.22. The van der Waals surface area contributed by atoms with Crippen molar-refractivity contribution >= 4 is 6.09 Å². The molecule has 5 heteroatoms. The maximum absolute atomic E-state index is 12.0. The summed E-state index contributed by atoms with van der Waals surface area (Å²) < 4.78 is 10.8. The molecule has 1 saturated heterocycles. The highest BCUT2D eigenvalue weighted by atomic mass is 16.6. The number of carbonyl (C=O) groups excluding carboxylic acids is 1. The molecule has 2 unspecified atom stereocenters. The van der Waals surface area contributed by atoms with E-state index in [-0.39, 0.29) is 12.1 Å². The van der Waals surface area contributed by atoms with Crippen LogP contribution < -0.4 is 5.32 Å². The molecule has 0 radical (unpaired) electrons. The number of furan rings is 1. The van der Waals surface area contributed by atoms with E-state index in [9.17, 15) is 4.79 Å². The van der Waals surface area contributed by atoms with Gasteiger partial charge in [-0.25, -0.2) is 4.79 Å². The standard InChI is InChI=1S/C17H28N2O3/c1-13(15-6-5-11-21-15)18-9-7-14-8-10-19(12-14)16(20)22-17(2,3)4/h5-6,11,13-14,18H,7-10,12H2,1-4H3. The molecule has 0 aliphatic carbocycles. The number of likely N-dealkylation sites (tertiary alicyclic amines) is 1. The fourth-order valence-corrected chi connectivity index (χ4v) is 2.70. The van der Waals surface area contributed by atoms with Crippen LogP contribution in [0.25, 0.3) is 0 Å². The lowest BCUT2D eigenvalue weighted by Crippen LogP contribution is -2.35. The van der Waals surface area contributed by atoms with Crippen molar-refractivity contribution in [1.29, 1.82) is 0 Å². The van der Waals surface area contributed by atoms with E-state index >= 15 is 0 Å². The summed E-state index contributed by atoms with van der Waals surface area (Å²) in [6, 6.07) is 4.11. The Balaban J connectivity index is 1.67. The third kappa shape index (κ3) is 5.05. The van der Waals surface area contributed by atoms with Crippen LogP contribution in [0.4, 0.5) is 4.79 Å². The first-order valence-electron chi connectivity index (χ1n) is 8.10. The van der Waals surface area contributed by atoms with Crippen molar-refractivity contribution in [3.63, 3.8) is 0 Å². The normalized spacial score (nSPS) is 20.2. The SMILES string of the molecule is CC(NCCC1CCN(C(=O)OC(C)(C)C)C1)c1ccco1. The van der Waals surface area contributed by atoms with E-state index in [0.29, 0.717) is 5.92 Å². The van der Waals surface area contributed by atoms with Crippen molar-refractivity contribution in [2.45, 2.75) is 52.2 Å². The van der Waals surface area contributed by atoms with Gasteiger partial charge in [0.1, 0.15) is 11.4 Å². The van der Waals surface area contributed by atoms with E-state index in [1.165, 1.54) is 0 Å². The van der Waals surface area contributed by atoms with E-state index in [2.05, 4.69) is 12.2 Å². The Kier molecular flexibility index (Phi) is 5.51. The van der Waals surface area contributed by atoms with E-state index in [1.54, 1.807) is 6.26 Å². The molecule has 0 saturated carbocycles. The van der Waals surface area contributed by atoms with Gasteiger partial charge in [0.15, 0.2) is 0 Å². The lowest BCUT2D eigenvalue weighted by Gasteiger charge is -2.24. The molecule has 22 heavy (non-hydrogen) atoms. The first-order valence-corrected chi connectivity index (χ1v) is 8.10. The second-order valence-electron chi connectivity index (χ2n) is 7.06. The number of carbonyl (C=O) groups is 1. The van der Waals surface area contributed by atoms with Gasteiger partial charge in [-0.05, 0) is 65.1 Å². The van der Waals surface area contributed by atoms with Gasteiger partial charge in [0.05, 0.1) is 12.3 Å². The van der Waals surface area contributed by atoms with Crippen LogP contribution in [-0.4, -0.2) is 36.2 Å². The minimum absolute atomic E-state index is 0.188. The fourth-order valence-electron chi connectivity index (χ4n) is 2.70. The molecule has 0 bridgehead atoms. The van der Waals surface area contributed by atoms with E-state index in [1.807, 2.05) is 37.8 Å². The van der Waals surface area contributed by atoms with Gasteiger partial charge in [-0.3, -0.25) is 0 Å². The summed E-state index contributed by atoms with van der Waals surface area (Å²) in [6.07, 6.45) is 3.62. The molecule has 2 rings (SSSR count). The largest absolute Gasteiger partial charge is 0.468 e. The van der Waals surface area contributed by atoms with E-state index in [0.717, 1.165) is 38.2 Å². The monoisotopic (exact) mass is 308 g/mol. The molecule has 1 fully saturated rings. The van der Waals surface area contributed by atoms with E-state index in [4.69, 9.17) is 9.15 Å². The Labute approximate surface area is 133 Å². The molecular formula is C17H28N2O3. The summed E-state index contributed by atoms with van der Waals surface area (Å²) in [5.41, 5.74) is -0.421. The lowest BCUT2D eigenvalue weighted by molar-refractivity contribution is 0.0287. The van der Waals surface area contributed by atoms with Crippen molar-refractivity contribution in [3.05, 3.63) is 24.2 Å². The van der Waals surface area contributed by atoms with Crippen LogP contribution >= 0.6 is 0 Å². The van der Waals surface area contributed by atoms with Gasteiger partial charge in [-0.1, -0.05) is 0 Å². The summed E-state index contributed by atoms with van der Waals surface area (Å²) in [5, 5.41) is 3.47. The molecule has 2 atom stereocenters. The van der Waals surface area contributed by atoms with Gasteiger partial charge in [-0.2, -0.15) is 0 Å². The predicted octanol–water partition coefficient (Wildman–Crippen LogP) is 3.58. The molecule has 1 N–H and O–H groups in total. The van der Waals surface area contributed by atoms with Gasteiger partial charge >= 0.3 is 6.09 Å². The maximum atomic E-state index is 12.0. The van der Waals surface area contributed by atoms with Crippen LogP contribution in [0, 0.1) is 5.92 Å². The van der Waals surface area contributed by atoms with Crippen LogP contribution in [0.1, 0.15) is 52.3 Å². The molecule has 1 aliphatic heterocycles. The smallest absolute Gasteiger partial charge is 0.410 e. The molecular weight excluding hydrogens is 280 g/mol. The summed E-state index contributed by atoms with van der Waals surface area (Å²) in [4.78, 5) is 13.8. The zero-order valence-electron chi connectivity index (χ0n) is 14.1. The minimum Gasteiger partial charge on any atom is -0.468 e. The summed E-state index contributed by atoms with van der Waals surface area (Å²) in [6.45, 7) is 10.3. The molecule has 1 aromatic heterocycles. The molecule has 0 aromatic carbocycles. The number of ether oxygens (including phenoxy) is 1. The highest BCUT2D eigenvalue weighted by molar-refractivity contribution is 5.68. The molecule has 1 aliphatic rings. The fraction of sp³-hybridized carbons (Fsp3) is 0.706. The van der Waals surface area contributed by atoms with Crippen molar-refractivity contribution in [2.24, 2.45) is 5.92 Å². The van der Waals surface area contributed by atoms with Crippen LogP contribution in [0.5, 0.6) is 0 Å². The Hall–Kier alpha value is -1.49. The van der Waals surface area contributed by atoms with Crippen LogP contribution in [0.15, 0.2) is 22.8 Å². The number of amides is 1. The number of nitrogens with zero attached hydrogens (tertiary/aromatic N) is 1. The Bertz CT molecular complexity index is 465. The van der Waals surface area contributed by atoms with Gasteiger partial charge < -0.3 is 19.4 Å². The molecule has 1 amide bonds. The van der Waals surface area contributed by atoms with Crippen LogP contribution in [-0.2, 0) is 4.74 Å². The zero-order valence-corrected chi connectivity index (χ0v) is 14.1. The summed E-state index contributed by atoms with van der Waals surface area (Å²) in [5.74, 6) is 1.51. The Morgan fingerprint density at radius 3 is 2.95 bits per heavy atom. The van der Waals surface area contributed by atoms with Gasteiger partial charge in [0.25, 0.3) is 0 Å². The van der Waals surface area contributed by atoms with Crippen molar-refractivity contribution in [2.75, 3.05) is 19.6 Å². The third-order valence-corrected chi connectivity index (χ3v) is 3.91. The van der Waals surface area contributed by atoms with Crippen LogP contribution in [0.3, 0.4) is 0 Å². The average molecular weight is 308 g/mol. The van der Waals surface area contributed by atoms with Gasteiger partial charge in [-0.15, -0.1) is 0 Å². The Morgan fingerprint density at radius 1 is 1.55 bits per heavy atom. The maximum Gasteiger partial charge on any atom is 0.410 e. The van der Waals surface area contributed by atoms with Crippen molar-refractivity contribution in [1.82, 2.24) is 10.2 Å². The second kappa shape index (κ2) is 7.18. The first-order chi connectivity index (χ1) is 10.3. The van der Waals surface area contributed by atoms with Crippen LogP contribution in [0.2, 0.25) is 0 Å². The lowest BCUT2D eigenvalue weighted by atomic mass is 10.1. The number of hydrogen-bond donors (Lipinski definition) is 1. The summed E-state index contributed by atoms with van der Waals surface area (Å²) >= 11 is 0. The molecule has 2 heterocycles. The predicted molar refractivity (Wildman–Crippen MR) is 85.7 cm³/mol. The first kappa shape index (κ1) is 16.9. The molecule has 1 aromatic rings. The molecule has 0 spiro atoms. The third-order valence-electron chi connectivity index (χ3n) is 3.91. The average Bonchev–Trinajstić information content (AvgIpc) is 3.08. The molecule has 5 nitrogen and oxygen atoms in total. The van der Waals surface area contributed by atoms with Gasteiger partial charge in [0, 0.05) is 13.1 Å². The molecule has 124 valence electrons. The van der Waals surface area contributed by atoms with E-state index < -0.39 is 5.60 Å². The Morgan fingerprint density at radius 2 is 2.32 bits per heavy atom. The number of rotatable bonds is 5. The number of hydrogen-bond acceptors (Lipinski definition) is 4. The zero-order chi connectivity index (χ0) is 16.2. The minimum atomic E-state index is -0.421. The topological polar surface area (TPSA) is 54.7 Å². The summed E-state index contributed by atoms with van der Waals surface area (Å²) in [7, 11) is 0. The van der Waals surface area contributed by atoms with Crippen molar-refractivity contribution < 1.29 is 13.9 Å².